The van der Waals surface area contributed by atoms with Crippen molar-refractivity contribution in [3.63, 3.8) is 0 Å². The monoisotopic (exact) mass is 232 g/mol. The third kappa shape index (κ3) is 2.30. The van der Waals surface area contributed by atoms with Crippen molar-refractivity contribution in [2.24, 2.45) is 0 Å². The number of benzene rings is 1. The van der Waals surface area contributed by atoms with Crippen LogP contribution in [-0.4, -0.2) is 23.9 Å². The smallest absolute Gasteiger partial charge is 0.249 e. The zero-order valence-corrected chi connectivity index (χ0v) is 10.0. The van der Waals surface area contributed by atoms with Gasteiger partial charge < -0.3 is 10.2 Å². The highest BCUT2D eigenvalue weighted by Crippen LogP contribution is 2.26. The Morgan fingerprint density at radius 3 is 2.59 bits per heavy atom. The number of nitrogens with zero attached hydrogens (tertiary/aromatic N) is 1. The molecule has 2 unspecified atom stereocenters. The second-order valence-corrected chi connectivity index (χ2v) is 4.38. The second-order valence-electron chi connectivity index (χ2n) is 4.38. The van der Waals surface area contributed by atoms with Crippen molar-refractivity contribution in [1.29, 1.82) is 0 Å². The fourth-order valence-electron chi connectivity index (χ4n) is 2.27. The lowest BCUT2D eigenvalue weighted by Crippen LogP contribution is -2.41. The Hall–Kier alpha value is -1.84. The molecule has 1 saturated heterocycles. The van der Waals surface area contributed by atoms with Crippen LogP contribution in [0.25, 0.3) is 0 Å². The van der Waals surface area contributed by atoms with Crippen molar-refractivity contribution in [2.45, 2.75) is 32.4 Å². The van der Waals surface area contributed by atoms with Crippen molar-refractivity contribution in [2.75, 3.05) is 4.90 Å². The van der Waals surface area contributed by atoms with Crippen LogP contribution in [-0.2, 0) is 9.59 Å². The molecule has 2 amide bonds. The molecule has 1 aliphatic heterocycles. The molecule has 90 valence electrons. The Morgan fingerprint density at radius 2 is 2.00 bits per heavy atom. The van der Waals surface area contributed by atoms with Gasteiger partial charge in [0, 0.05) is 18.7 Å². The number of carbonyl (C=O) groups is 2. The van der Waals surface area contributed by atoms with E-state index in [0.29, 0.717) is 6.42 Å². The highest BCUT2D eigenvalue weighted by Gasteiger charge is 2.38. The maximum absolute atomic E-state index is 12.2. The molecule has 1 heterocycles. The van der Waals surface area contributed by atoms with E-state index in [4.69, 9.17) is 0 Å². The fourth-order valence-corrected chi connectivity index (χ4v) is 2.27. The van der Waals surface area contributed by atoms with Crippen LogP contribution in [0.5, 0.6) is 0 Å². The van der Waals surface area contributed by atoms with Gasteiger partial charge in [0.25, 0.3) is 0 Å². The Morgan fingerprint density at radius 1 is 1.35 bits per heavy atom. The second kappa shape index (κ2) is 4.57. The van der Waals surface area contributed by atoms with Gasteiger partial charge in [0.05, 0.1) is 0 Å². The molecular weight excluding hydrogens is 216 g/mol. The van der Waals surface area contributed by atoms with E-state index in [1.54, 1.807) is 4.90 Å². The number of anilines is 1. The molecule has 0 spiro atoms. The minimum atomic E-state index is -0.386. The van der Waals surface area contributed by atoms with Crippen LogP contribution >= 0.6 is 0 Å². The highest BCUT2D eigenvalue weighted by atomic mass is 16.2. The summed E-state index contributed by atoms with van der Waals surface area (Å²) < 4.78 is 0. The molecule has 0 bridgehead atoms. The third-order valence-corrected chi connectivity index (χ3v) is 2.96. The molecule has 2 atom stereocenters. The molecule has 0 aromatic heterocycles. The number of hydrogen-bond donors (Lipinski definition) is 1. The summed E-state index contributed by atoms with van der Waals surface area (Å²) in [6, 6.07) is 9.27. The van der Waals surface area contributed by atoms with E-state index < -0.39 is 0 Å². The van der Waals surface area contributed by atoms with Gasteiger partial charge in [0.2, 0.25) is 11.8 Å². The first-order valence-electron chi connectivity index (χ1n) is 5.75. The van der Waals surface area contributed by atoms with Crippen LogP contribution in [0.4, 0.5) is 5.69 Å². The molecule has 17 heavy (non-hydrogen) atoms. The van der Waals surface area contributed by atoms with Gasteiger partial charge in [-0.05, 0) is 25.5 Å². The van der Waals surface area contributed by atoms with E-state index in [9.17, 15) is 9.59 Å². The molecule has 0 aliphatic carbocycles. The van der Waals surface area contributed by atoms with Crippen molar-refractivity contribution >= 4 is 17.5 Å². The number of amides is 2. The first kappa shape index (κ1) is 11.6. The summed E-state index contributed by atoms with van der Waals surface area (Å²) in [7, 11) is 0. The van der Waals surface area contributed by atoms with Crippen molar-refractivity contribution in [3.05, 3.63) is 30.3 Å². The van der Waals surface area contributed by atoms with Crippen LogP contribution in [0.3, 0.4) is 0 Å². The predicted octanol–water partition coefficient (Wildman–Crippen LogP) is 1.32. The van der Waals surface area contributed by atoms with Gasteiger partial charge in [0.1, 0.15) is 6.04 Å². The highest BCUT2D eigenvalue weighted by molar-refractivity contribution is 6.01. The summed E-state index contributed by atoms with van der Waals surface area (Å²) in [5, 5.41) is 2.69. The third-order valence-electron chi connectivity index (χ3n) is 2.96. The van der Waals surface area contributed by atoms with Crippen LogP contribution in [0.1, 0.15) is 20.3 Å². The minimum Gasteiger partial charge on any atom is -0.344 e. The summed E-state index contributed by atoms with van der Waals surface area (Å²) in [4.78, 5) is 24.9. The van der Waals surface area contributed by atoms with Gasteiger partial charge in [-0.2, -0.15) is 0 Å². The molecule has 1 aliphatic rings. The van der Waals surface area contributed by atoms with E-state index in [2.05, 4.69) is 5.32 Å². The van der Waals surface area contributed by atoms with E-state index in [-0.39, 0.29) is 23.9 Å². The fraction of sp³-hybridized carbons (Fsp3) is 0.385. The lowest BCUT2D eigenvalue weighted by molar-refractivity contribution is -0.125. The zero-order valence-electron chi connectivity index (χ0n) is 10.0. The summed E-state index contributed by atoms with van der Waals surface area (Å²) in [5.41, 5.74) is 0.887. The predicted molar refractivity (Wildman–Crippen MR) is 65.6 cm³/mol. The maximum atomic E-state index is 12.2. The quantitative estimate of drug-likeness (QED) is 0.836. The molecule has 4 heteroatoms. The van der Waals surface area contributed by atoms with Gasteiger partial charge in [-0.1, -0.05) is 18.2 Å². The van der Waals surface area contributed by atoms with Gasteiger partial charge >= 0.3 is 0 Å². The van der Waals surface area contributed by atoms with Crippen LogP contribution in [0.15, 0.2) is 30.3 Å². The van der Waals surface area contributed by atoms with E-state index in [0.717, 1.165) is 5.69 Å². The summed E-state index contributed by atoms with van der Waals surface area (Å²) >= 11 is 0. The standard InChI is InChI=1S/C13H16N2O2/c1-9-8-12(14-10(2)16)13(17)15(9)11-6-4-3-5-7-11/h3-7,9,12H,8H2,1-2H3,(H,14,16). The van der Waals surface area contributed by atoms with Gasteiger partial charge in [-0.25, -0.2) is 0 Å². The minimum absolute atomic E-state index is 0.0288. The number of carbonyl (C=O) groups excluding carboxylic acids is 2. The summed E-state index contributed by atoms with van der Waals surface area (Å²) in [6.45, 7) is 3.43. The normalized spacial score (nSPS) is 23.9. The Kier molecular flexibility index (Phi) is 3.13. The Balaban J connectivity index is 2.20. The lowest BCUT2D eigenvalue weighted by atomic mass is 10.2. The van der Waals surface area contributed by atoms with Crippen LogP contribution < -0.4 is 10.2 Å². The molecule has 0 radical (unpaired) electrons. The van der Waals surface area contributed by atoms with Gasteiger partial charge in [-0.15, -0.1) is 0 Å². The zero-order chi connectivity index (χ0) is 12.4. The molecule has 1 aromatic rings. The first-order chi connectivity index (χ1) is 8.09. The van der Waals surface area contributed by atoms with Gasteiger partial charge in [0.15, 0.2) is 0 Å². The molecule has 1 aromatic carbocycles. The molecular formula is C13H16N2O2. The van der Waals surface area contributed by atoms with E-state index >= 15 is 0 Å². The summed E-state index contributed by atoms with van der Waals surface area (Å²) in [6.07, 6.45) is 0.660. The summed E-state index contributed by atoms with van der Waals surface area (Å²) in [5.74, 6) is -0.190. The molecule has 1 N–H and O–H groups in total. The average molecular weight is 232 g/mol. The Labute approximate surface area is 101 Å². The van der Waals surface area contributed by atoms with Crippen LogP contribution in [0, 0.1) is 0 Å². The maximum Gasteiger partial charge on any atom is 0.249 e. The van der Waals surface area contributed by atoms with Crippen molar-refractivity contribution < 1.29 is 9.59 Å². The molecule has 2 rings (SSSR count). The molecule has 4 nitrogen and oxygen atoms in total. The van der Waals surface area contributed by atoms with Crippen molar-refractivity contribution in [3.8, 4) is 0 Å². The van der Waals surface area contributed by atoms with E-state index in [1.807, 2.05) is 37.3 Å². The first-order valence-corrected chi connectivity index (χ1v) is 5.75. The average Bonchev–Trinajstić information content (AvgIpc) is 2.54. The lowest BCUT2D eigenvalue weighted by Gasteiger charge is -2.21. The van der Waals surface area contributed by atoms with Crippen LogP contribution in [0.2, 0.25) is 0 Å². The SMILES string of the molecule is CC(=O)NC1CC(C)N(c2ccccc2)C1=O. The topological polar surface area (TPSA) is 49.4 Å². The van der Waals surface area contributed by atoms with E-state index in [1.165, 1.54) is 6.92 Å². The largest absolute Gasteiger partial charge is 0.344 e. The van der Waals surface area contributed by atoms with Crippen molar-refractivity contribution in [1.82, 2.24) is 5.32 Å². The van der Waals surface area contributed by atoms with Gasteiger partial charge in [-0.3, -0.25) is 9.59 Å². The Bertz CT molecular complexity index is 430. The molecule has 1 fully saturated rings. The molecule has 0 saturated carbocycles. The number of rotatable bonds is 2. The number of para-hydroxylation sites is 1. The number of hydrogen-bond acceptors (Lipinski definition) is 2. The number of nitrogens with one attached hydrogen (secondary N) is 1.